The lowest BCUT2D eigenvalue weighted by Crippen LogP contribution is -2.30. The maximum Gasteiger partial charge on any atom is 0.306 e. The van der Waals surface area contributed by atoms with Gasteiger partial charge < -0.3 is 14.2 Å². The second-order valence-corrected chi connectivity index (χ2v) is 15.8. The van der Waals surface area contributed by atoms with Crippen molar-refractivity contribution in [2.24, 2.45) is 0 Å². The van der Waals surface area contributed by atoms with Gasteiger partial charge in [0.1, 0.15) is 13.2 Å². The molecule has 0 aliphatic carbocycles. The van der Waals surface area contributed by atoms with Crippen molar-refractivity contribution < 1.29 is 28.6 Å². The predicted octanol–water partition coefficient (Wildman–Crippen LogP) is 16.5. The summed E-state index contributed by atoms with van der Waals surface area (Å²) in [5, 5.41) is 0. The molecule has 6 nitrogen and oxygen atoms in total. The SMILES string of the molecule is CC\C=C/C=C\C=C/C=C\C=C\C=C/C=C\CCCCCC(=O)OCC(COC(=O)CCCC/C=C\C/C=C\C/C=C\CC)OC(=O)CCCCCCCC/C=C\C=C/CCCCC. The zero-order valence-electron chi connectivity index (χ0n) is 40.5. The number of rotatable bonds is 42. The molecule has 6 heteroatoms. The molecule has 0 spiro atoms. The smallest absolute Gasteiger partial charge is 0.306 e. The van der Waals surface area contributed by atoms with Crippen LogP contribution in [0.1, 0.15) is 181 Å². The highest BCUT2D eigenvalue weighted by atomic mass is 16.6. The Hall–Kier alpha value is -4.71. The van der Waals surface area contributed by atoms with Crippen molar-refractivity contribution in [2.75, 3.05) is 13.2 Å². The molecule has 356 valence electrons. The van der Waals surface area contributed by atoms with Crippen LogP contribution in [-0.2, 0) is 28.6 Å². The molecule has 0 aromatic rings. The average Bonchev–Trinajstić information content (AvgIpc) is 3.29. The summed E-state index contributed by atoms with van der Waals surface area (Å²) < 4.78 is 16.7. The average molecular weight is 881 g/mol. The third-order valence-electron chi connectivity index (χ3n) is 9.78. The van der Waals surface area contributed by atoms with E-state index in [1.807, 2.05) is 72.9 Å². The van der Waals surface area contributed by atoms with Crippen LogP contribution in [0.4, 0.5) is 0 Å². The van der Waals surface area contributed by atoms with Crippen molar-refractivity contribution in [2.45, 2.75) is 187 Å². The van der Waals surface area contributed by atoms with E-state index < -0.39 is 6.10 Å². The van der Waals surface area contributed by atoms with Crippen molar-refractivity contribution in [1.82, 2.24) is 0 Å². The van der Waals surface area contributed by atoms with Crippen molar-refractivity contribution in [3.05, 3.63) is 146 Å². The first-order valence-corrected chi connectivity index (χ1v) is 25.0. The summed E-state index contributed by atoms with van der Waals surface area (Å²) in [6, 6.07) is 0. The van der Waals surface area contributed by atoms with Gasteiger partial charge in [0.05, 0.1) is 0 Å². The van der Waals surface area contributed by atoms with Gasteiger partial charge in [-0.15, -0.1) is 0 Å². The lowest BCUT2D eigenvalue weighted by atomic mass is 10.1. The van der Waals surface area contributed by atoms with Crippen LogP contribution in [0.25, 0.3) is 0 Å². The Morgan fingerprint density at radius 2 is 0.688 bits per heavy atom. The fourth-order valence-electron chi connectivity index (χ4n) is 6.07. The first kappa shape index (κ1) is 59.3. The van der Waals surface area contributed by atoms with Crippen LogP contribution in [0.3, 0.4) is 0 Å². The molecule has 1 unspecified atom stereocenters. The van der Waals surface area contributed by atoms with Crippen LogP contribution in [-0.4, -0.2) is 37.2 Å². The number of carbonyl (C=O) groups excluding carboxylic acids is 3. The quantitative estimate of drug-likeness (QED) is 0.0200. The van der Waals surface area contributed by atoms with E-state index >= 15 is 0 Å². The monoisotopic (exact) mass is 881 g/mol. The van der Waals surface area contributed by atoms with Crippen LogP contribution >= 0.6 is 0 Å². The Kier molecular flexibility index (Phi) is 47.2. The van der Waals surface area contributed by atoms with E-state index in [9.17, 15) is 14.4 Å². The lowest BCUT2D eigenvalue weighted by Gasteiger charge is -2.18. The van der Waals surface area contributed by atoms with Crippen LogP contribution in [0.5, 0.6) is 0 Å². The van der Waals surface area contributed by atoms with Gasteiger partial charge in [0, 0.05) is 19.3 Å². The van der Waals surface area contributed by atoms with Crippen LogP contribution in [0.15, 0.2) is 146 Å². The second-order valence-electron chi connectivity index (χ2n) is 15.8. The number of carbonyl (C=O) groups is 3. The highest BCUT2D eigenvalue weighted by Gasteiger charge is 2.19. The molecular weight excluding hydrogens is 793 g/mol. The van der Waals surface area contributed by atoms with Crippen LogP contribution in [0.2, 0.25) is 0 Å². The molecule has 0 rings (SSSR count). The molecule has 0 N–H and O–H groups in total. The van der Waals surface area contributed by atoms with Gasteiger partial charge in [0.15, 0.2) is 6.10 Å². The predicted molar refractivity (Wildman–Crippen MR) is 274 cm³/mol. The molecule has 0 radical (unpaired) electrons. The zero-order chi connectivity index (χ0) is 46.5. The molecule has 0 amide bonds. The molecule has 0 aliphatic rings. The number of hydrogen-bond donors (Lipinski definition) is 0. The van der Waals surface area contributed by atoms with E-state index in [1.165, 1.54) is 32.1 Å². The summed E-state index contributed by atoms with van der Waals surface area (Å²) >= 11 is 0. The fourth-order valence-corrected chi connectivity index (χ4v) is 6.07. The van der Waals surface area contributed by atoms with E-state index in [2.05, 4.69) is 93.7 Å². The summed E-state index contributed by atoms with van der Waals surface area (Å²) in [5.74, 6) is -1.03. The fraction of sp³-hybridized carbons (Fsp3) is 0.534. The Bertz CT molecular complexity index is 1480. The third-order valence-corrected chi connectivity index (χ3v) is 9.78. The van der Waals surface area contributed by atoms with Gasteiger partial charge in [-0.3, -0.25) is 14.4 Å². The molecule has 0 saturated carbocycles. The molecular formula is C58H88O6. The molecule has 0 saturated heterocycles. The highest BCUT2D eigenvalue weighted by Crippen LogP contribution is 2.12. The van der Waals surface area contributed by atoms with Crippen LogP contribution in [0, 0.1) is 0 Å². The molecule has 0 aliphatic heterocycles. The van der Waals surface area contributed by atoms with Crippen molar-refractivity contribution >= 4 is 17.9 Å². The molecule has 64 heavy (non-hydrogen) atoms. The van der Waals surface area contributed by atoms with E-state index in [0.717, 1.165) is 96.3 Å². The topological polar surface area (TPSA) is 78.9 Å². The summed E-state index contributed by atoms with van der Waals surface area (Å²) in [5.41, 5.74) is 0. The molecule has 1 atom stereocenters. The summed E-state index contributed by atoms with van der Waals surface area (Å²) in [6.07, 6.45) is 72.5. The molecule has 0 aromatic carbocycles. The maximum atomic E-state index is 12.8. The largest absolute Gasteiger partial charge is 0.462 e. The molecule has 0 fully saturated rings. The number of allylic oxidation sites excluding steroid dienone is 24. The first-order chi connectivity index (χ1) is 31.5. The van der Waals surface area contributed by atoms with Gasteiger partial charge in [-0.1, -0.05) is 212 Å². The van der Waals surface area contributed by atoms with Crippen molar-refractivity contribution in [3.63, 3.8) is 0 Å². The maximum absolute atomic E-state index is 12.8. The van der Waals surface area contributed by atoms with Crippen molar-refractivity contribution in [3.8, 4) is 0 Å². The van der Waals surface area contributed by atoms with Gasteiger partial charge in [-0.05, 0) is 96.3 Å². The van der Waals surface area contributed by atoms with Crippen LogP contribution < -0.4 is 0 Å². The summed E-state index contributed by atoms with van der Waals surface area (Å²) in [7, 11) is 0. The Labute approximate surface area is 391 Å². The highest BCUT2D eigenvalue weighted by molar-refractivity contribution is 5.71. The number of ether oxygens (including phenoxy) is 3. The lowest BCUT2D eigenvalue weighted by molar-refractivity contribution is -0.167. The molecule has 0 heterocycles. The van der Waals surface area contributed by atoms with Gasteiger partial charge >= 0.3 is 17.9 Å². The Balaban J connectivity index is 4.59. The zero-order valence-corrected chi connectivity index (χ0v) is 40.5. The Morgan fingerprint density at radius 3 is 1.20 bits per heavy atom. The number of hydrogen-bond acceptors (Lipinski definition) is 6. The minimum atomic E-state index is -0.825. The number of unbranched alkanes of at least 4 members (excludes halogenated alkanes) is 14. The Morgan fingerprint density at radius 1 is 0.344 bits per heavy atom. The third kappa shape index (κ3) is 48.3. The van der Waals surface area contributed by atoms with E-state index in [0.29, 0.717) is 19.3 Å². The minimum Gasteiger partial charge on any atom is -0.462 e. The van der Waals surface area contributed by atoms with E-state index in [4.69, 9.17) is 14.2 Å². The summed E-state index contributed by atoms with van der Waals surface area (Å²) in [4.78, 5) is 37.9. The molecule has 0 bridgehead atoms. The second kappa shape index (κ2) is 50.9. The van der Waals surface area contributed by atoms with Gasteiger partial charge in [-0.2, -0.15) is 0 Å². The standard InChI is InChI=1S/C58H88O6/c1-4-7-10-13-16-19-22-25-27-28-29-30-32-33-36-39-42-45-48-51-57(60)63-54-55(53-62-56(59)50-47-44-41-38-35-24-21-18-15-12-9-6-3)64-58(61)52-49-46-43-40-37-34-31-26-23-20-17-14-11-8-5-2/h7,9-10,12-13,16-23,25-30,32-33,35-36,38,55H,4-6,8,11,14-15,24,31,34,37,39-54H2,1-3H3/b10-7-,12-9-,16-13-,20-17-,21-18-,22-19-,26-23-,27-25-,29-28+,32-30-,36-33-,38-35-. The van der Waals surface area contributed by atoms with Gasteiger partial charge in [0.2, 0.25) is 0 Å². The molecule has 0 aromatic heterocycles. The minimum absolute atomic E-state index is 0.125. The summed E-state index contributed by atoms with van der Waals surface area (Å²) in [6.45, 7) is 6.23. The normalized spacial score (nSPS) is 13.4. The van der Waals surface area contributed by atoms with Gasteiger partial charge in [-0.25, -0.2) is 0 Å². The number of esters is 3. The van der Waals surface area contributed by atoms with E-state index in [-0.39, 0.29) is 44.0 Å². The van der Waals surface area contributed by atoms with Crippen molar-refractivity contribution in [1.29, 1.82) is 0 Å². The van der Waals surface area contributed by atoms with E-state index in [1.54, 1.807) is 0 Å². The first-order valence-electron chi connectivity index (χ1n) is 25.0. The van der Waals surface area contributed by atoms with Gasteiger partial charge in [0.25, 0.3) is 0 Å².